The van der Waals surface area contributed by atoms with E-state index in [1.807, 2.05) is 30.3 Å². The van der Waals surface area contributed by atoms with Crippen LogP contribution in [-0.4, -0.2) is 48.2 Å². The van der Waals surface area contributed by atoms with Crippen LogP contribution in [0, 0.1) is 0 Å². The zero-order valence-electron chi connectivity index (χ0n) is 23.9. The lowest BCUT2D eigenvalue weighted by molar-refractivity contribution is -0.120. The summed E-state index contributed by atoms with van der Waals surface area (Å²) in [6.45, 7) is 6.43. The van der Waals surface area contributed by atoms with Crippen LogP contribution < -0.4 is 4.90 Å². The van der Waals surface area contributed by atoms with E-state index in [1.165, 1.54) is 4.90 Å². The normalized spacial score (nSPS) is 17.0. The third-order valence-electron chi connectivity index (χ3n) is 5.05. The van der Waals surface area contributed by atoms with Crippen molar-refractivity contribution in [3.05, 3.63) is 66.1 Å². The number of hydrogen-bond acceptors (Lipinski definition) is 4. The van der Waals surface area contributed by atoms with E-state index in [2.05, 4.69) is 0 Å². The summed E-state index contributed by atoms with van der Waals surface area (Å²) >= 11 is 0. The number of nitrogens with zero attached hydrogens (tertiary/aromatic N) is 2. The van der Waals surface area contributed by atoms with Crippen molar-refractivity contribution in [2.45, 2.75) is 58.3 Å². The number of likely N-dealkylation sites (tertiary alicyclic amines) is 1. The van der Waals surface area contributed by atoms with E-state index in [1.54, 1.807) is 25.7 Å². The Morgan fingerprint density at radius 3 is 2.38 bits per heavy atom. The minimum atomic E-state index is -0.636. The Morgan fingerprint density at radius 1 is 1.09 bits per heavy atom. The van der Waals surface area contributed by atoms with Gasteiger partial charge in [-0.05, 0) is 51.3 Å². The first-order chi connectivity index (χ1) is 17.4. The molecule has 1 aliphatic rings. The molecule has 32 heavy (non-hydrogen) atoms. The Bertz CT molecular complexity index is 1090. The van der Waals surface area contributed by atoms with E-state index in [-0.39, 0.29) is 18.7 Å². The quantitative estimate of drug-likeness (QED) is 0.564. The van der Waals surface area contributed by atoms with Crippen LogP contribution in [0.15, 0.2) is 60.5 Å². The van der Waals surface area contributed by atoms with Crippen molar-refractivity contribution in [1.82, 2.24) is 4.90 Å². The number of carbonyl (C=O) groups excluding carboxylic acids is 2. The van der Waals surface area contributed by atoms with Gasteiger partial charge >= 0.3 is 6.09 Å². The predicted octanol–water partition coefficient (Wildman–Crippen LogP) is 5.03. The summed E-state index contributed by atoms with van der Waals surface area (Å²) in [5, 5.41) is 0. The molecule has 172 valence electrons. The highest BCUT2D eigenvalue weighted by Crippen LogP contribution is 2.25. The minimum Gasteiger partial charge on any atom is -0.444 e. The first-order valence-corrected chi connectivity index (χ1v) is 10.9. The molecule has 1 heterocycles. The van der Waals surface area contributed by atoms with Crippen molar-refractivity contribution < 1.29 is 25.9 Å². The zero-order valence-corrected chi connectivity index (χ0v) is 18.9. The topological polar surface area (TPSA) is 59.1 Å². The van der Waals surface area contributed by atoms with Crippen molar-refractivity contribution >= 4 is 17.7 Å². The van der Waals surface area contributed by atoms with Gasteiger partial charge in [0.1, 0.15) is 5.60 Å². The fraction of sp³-hybridized carbons (Fsp3) is 0.462. The number of piperidine rings is 1. The van der Waals surface area contributed by atoms with E-state index in [4.69, 9.17) is 16.3 Å². The third kappa shape index (κ3) is 7.09. The fourth-order valence-corrected chi connectivity index (χ4v) is 3.55. The standard InChI is InChI=1S/C26H34N2O4/c1-26(2,3)32-25(30)27-17-14-23(15-18-27)28(22-12-8-5-9-13-22)24(29)16-19-31-20-21-10-6-4-7-11-21/h4-13,23H,14-20H2,1-3H3/i5D,8D,9D,12D,13D. The molecule has 2 aromatic carbocycles. The van der Waals surface area contributed by atoms with Crippen LogP contribution in [0.1, 0.15) is 52.5 Å². The number of anilines is 1. The van der Waals surface area contributed by atoms with Gasteiger partial charge in [0.15, 0.2) is 0 Å². The molecule has 2 amide bonds. The van der Waals surface area contributed by atoms with Gasteiger partial charge in [0, 0.05) is 24.8 Å². The van der Waals surface area contributed by atoms with Crippen LogP contribution >= 0.6 is 0 Å². The van der Waals surface area contributed by atoms with Gasteiger partial charge in [0.25, 0.3) is 0 Å². The second-order valence-corrected chi connectivity index (χ2v) is 8.72. The Balaban J connectivity index is 1.79. The molecule has 0 saturated carbocycles. The monoisotopic (exact) mass is 443 g/mol. The Kier molecular flexibility index (Phi) is 6.15. The number of amides is 2. The molecule has 6 nitrogen and oxygen atoms in total. The van der Waals surface area contributed by atoms with Crippen LogP contribution in [0.5, 0.6) is 0 Å². The molecular weight excluding hydrogens is 404 g/mol. The van der Waals surface area contributed by atoms with Gasteiger partial charge in [-0.2, -0.15) is 0 Å². The van der Waals surface area contributed by atoms with Crippen molar-refractivity contribution in [1.29, 1.82) is 0 Å². The molecule has 0 N–H and O–H groups in total. The highest BCUT2D eigenvalue weighted by molar-refractivity contribution is 5.94. The molecule has 0 bridgehead atoms. The van der Waals surface area contributed by atoms with Gasteiger partial charge in [0.2, 0.25) is 5.91 Å². The molecule has 2 aromatic rings. The van der Waals surface area contributed by atoms with Crippen LogP contribution in [-0.2, 0) is 20.9 Å². The molecule has 0 aliphatic carbocycles. The average Bonchev–Trinajstić information content (AvgIpc) is 2.86. The maximum atomic E-state index is 13.5. The molecule has 0 radical (unpaired) electrons. The zero-order chi connectivity index (χ0) is 27.3. The molecule has 0 unspecified atom stereocenters. The van der Waals surface area contributed by atoms with Gasteiger partial charge in [-0.25, -0.2) is 4.79 Å². The molecule has 1 fully saturated rings. The number of para-hydroxylation sites is 1. The number of ether oxygens (including phenoxy) is 2. The Morgan fingerprint density at radius 2 is 1.75 bits per heavy atom. The van der Waals surface area contributed by atoms with Crippen molar-refractivity contribution in [3.8, 4) is 0 Å². The van der Waals surface area contributed by atoms with E-state index < -0.39 is 53.9 Å². The summed E-state index contributed by atoms with van der Waals surface area (Å²) < 4.78 is 52.0. The largest absolute Gasteiger partial charge is 0.444 e. The number of benzene rings is 2. The molecule has 0 spiro atoms. The Labute approximate surface area is 198 Å². The lowest BCUT2D eigenvalue weighted by atomic mass is 10.0. The predicted molar refractivity (Wildman–Crippen MR) is 125 cm³/mol. The molecular formula is C26H34N2O4. The molecule has 0 aromatic heterocycles. The summed E-state index contributed by atoms with van der Waals surface area (Å²) in [4.78, 5) is 28.9. The first kappa shape index (κ1) is 17.7. The van der Waals surface area contributed by atoms with Gasteiger partial charge in [-0.3, -0.25) is 4.79 Å². The minimum absolute atomic E-state index is 0.0265. The molecule has 3 rings (SSSR count). The van der Waals surface area contributed by atoms with Gasteiger partial charge in [-0.1, -0.05) is 48.5 Å². The second kappa shape index (κ2) is 11.1. The smallest absolute Gasteiger partial charge is 0.410 e. The SMILES string of the molecule is [2H]c1c([2H])c([2H])c(N(C(=O)CCOCc2ccccc2)C2CCN(C(=O)OC(C)(C)C)CC2)c([2H])c1[2H]. The number of carbonyl (C=O) groups is 2. The van der Waals surface area contributed by atoms with E-state index >= 15 is 0 Å². The highest BCUT2D eigenvalue weighted by Gasteiger charge is 2.32. The summed E-state index contributed by atoms with van der Waals surface area (Å²) in [5.41, 5.74) is 0.185. The van der Waals surface area contributed by atoms with Gasteiger partial charge < -0.3 is 19.3 Å². The van der Waals surface area contributed by atoms with Crippen molar-refractivity contribution in [2.24, 2.45) is 0 Å². The molecule has 6 heteroatoms. The average molecular weight is 444 g/mol. The van der Waals surface area contributed by atoms with Crippen LogP contribution in [0.25, 0.3) is 0 Å². The second-order valence-electron chi connectivity index (χ2n) is 8.72. The molecule has 1 aliphatic heterocycles. The number of hydrogen-bond donors (Lipinski definition) is 0. The van der Waals surface area contributed by atoms with Crippen LogP contribution in [0.2, 0.25) is 0 Å². The van der Waals surface area contributed by atoms with E-state index in [0.29, 0.717) is 32.5 Å². The molecule has 1 saturated heterocycles. The summed E-state index contributed by atoms with van der Waals surface area (Å²) in [5.74, 6) is -0.401. The van der Waals surface area contributed by atoms with Crippen molar-refractivity contribution in [2.75, 3.05) is 24.6 Å². The maximum Gasteiger partial charge on any atom is 0.410 e. The van der Waals surface area contributed by atoms with Crippen LogP contribution in [0.3, 0.4) is 0 Å². The third-order valence-corrected chi connectivity index (χ3v) is 5.05. The maximum absolute atomic E-state index is 13.5. The first-order valence-electron chi connectivity index (χ1n) is 13.4. The highest BCUT2D eigenvalue weighted by atomic mass is 16.6. The lowest BCUT2D eigenvalue weighted by Gasteiger charge is -2.39. The Hall–Kier alpha value is -2.86. The van der Waals surface area contributed by atoms with Gasteiger partial charge in [-0.15, -0.1) is 0 Å². The summed E-state index contributed by atoms with van der Waals surface area (Å²) in [7, 11) is 0. The van der Waals surface area contributed by atoms with Crippen LogP contribution in [0.4, 0.5) is 10.5 Å². The van der Waals surface area contributed by atoms with Gasteiger partial charge in [0.05, 0.1) is 26.5 Å². The number of rotatable bonds is 7. The molecule has 0 atom stereocenters. The van der Waals surface area contributed by atoms with Crippen molar-refractivity contribution in [3.63, 3.8) is 0 Å². The summed E-state index contributed by atoms with van der Waals surface area (Å²) in [6, 6.07) is 6.69. The lowest BCUT2D eigenvalue weighted by Crippen LogP contribution is -2.50. The summed E-state index contributed by atoms with van der Waals surface area (Å²) in [6.07, 6.45) is 0.276. The fourth-order valence-electron chi connectivity index (χ4n) is 3.55. The van der Waals surface area contributed by atoms with E-state index in [0.717, 1.165) is 5.56 Å². The van der Waals surface area contributed by atoms with E-state index in [9.17, 15) is 9.59 Å².